The van der Waals surface area contributed by atoms with Crippen molar-refractivity contribution in [3.8, 4) is 0 Å². The highest BCUT2D eigenvalue weighted by Crippen LogP contribution is 2.12. The van der Waals surface area contributed by atoms with Gasteiger partial charge >= 0.3 is 0 Å². The van der Waals surface area contributed by atoms with Crippen molar-refractivity contribution in [3.05, 3.63) is 11.1 Å². The van der Waals surface area contributed by atoms with Crippen LogP contribution in [-0.2, 0) is 0 Å². The predicted molar refractivity (Wildman–Crippen MR) is 52.9 cm³/mol. The van der Waals surface area contributed by atoms with Crippen molar-refractivity contribution in [2.24, 2.45) is 0 Å². The molecule has 0 unspecified atom stereocenters. The van der Waals surface area contributed by atoms with E-state index in [1.165, 1.54) is 24.2 Å². The molecule has 1 aromatic heterocycles. The topological polar surface area (TPSA) is 51.8 Å². The third-order valence-corrected chi connectivity index (χ3v) is 2.16. The van der Waals surface area contributed by atoms with Crippen LogP contribution in [0.25, 0.3) is 6.08 Å². The Morgan fingerprint density at radius 1 is 1.50 bits per heavy atom. The van der Waals surface area contributed by atoms with Crippen molar-refractivity contribution in [2.75, 3.05) is 5.73 Å². The number of rotatable bonds is 4. The summed E-state index contributed by atoms with van der Waals surface area (Å²) in [6.45, 7) is 2.18. The van der Waals surface area contributed by atoms with Gasteiger partial charge in [-0.1, -0.05) is 37.2 Å². The second-order valence-electron chi connectivity index (χ2n) is 2.52. The zero-order chi connectivity index (χ0) is 8.81. The predicted octanol–water partition coefficient (Wildman–Crippen LogP) is 2.32. The number of aromatic nitrogens is 2. The molecule has 0 saturated heterocycles. The second kappa shape index (κ2) is 4.87. The second-order valence-corrected chi connectivity index (χ2v) is 3.56. The molecule has 0 fully saturated rings. The number of nitrogens with zero attached hydrogens (tertiary/aromatic N) is 2. The average molecular weight is 183 g/mol. The van der Waals surface area contributed by atoms with Crippen LogP contribution in [0.3, 0.4) is 0 Å². The van der Waals surface area contributed by atoms with E-state index in [-0.39, 0.29) is 0 Å². The van der Waals surface area contributed by atoms with Gasteiger partial charge in [0.1, 0.15) is 5.01 Å². The first-order valence-corrected chi connectivity index (χ1v) is 4.90. The van der Waals surface area contributed by atoms with Crippen LogP contribution >= 0.6 is 11.3 Å². The first kappa shape index (κ1) is 9.19. The molecule has 1 aromatic rings. The first-order chi connectivity index (χ1) is 5.83. The molecule has 66 valence electrons. The van der Waals surface area contributed by atoms with E-state index in [4.69, 9.17) is 5.73 Å². The molecular formula is C8H13N3S. The monoisotopic (exact) mass is 183 g/mol. The lowest BCUT2D eigenvalue weighted by atomic mass is 10.2. The molecule has 0 atom stereocenters. The highest BCUT2D eigenvalue weighted by Gasteiger charge is 1.93. The summed E-state index contributed by atoms with van der Waals surface area (Å²) in [5.41, 5.74) is 5.42. The molecule has 0 aromatic carbocycles. The summed E-state index contributed by atoms with van der Waals surface area (Å²) in [4.78, 5) is 0. The molecule has 3 nitrogen and oxygen atoms in total. The van der Waals surface area contributed by atoms with Crippen molar-refractivity contribution in [1.29, 1.82) is 0 Å². The summed E-state index contributed by atoms with van der Waals surface area (Å²) in [5, 5.41) is 9.01. The van der Waals surface area contributed by atoms with Gasteiger partial charge < -0.3 is 5.73 Å². The van der Waals surface area contributed by atoms with E-state index in [1.54, 1.807) is 0 Å². The minimum atomic E-state index is 0.533. The summed E-state index contributed by atoms with van der Waals surface area (Å²) < 4.78 is 0. The van der Waals surface area contributed by atoms with E-state index in [9.17, 15) is 0 Å². The molecule has 0 spiro atoms. The molecule has 1 heterocycles. The van der Waals surface area contributed by atoms with Gasteiger partial charge in [-0.3, -0.25) is 0 Å². The fourth-order valence-electron chi connectivity index (χ4n) is 0.820. The Morgan fingerprint density at radius 2 is 2.33 bits per heavy atom. The number of anilines is 1. The van der Waals surface area contributed by atoms with Crippen LogP contribution in [0.15, 0.2) is 6.08 Å². The van der Waals surface area contributed by atoms with Gasteiger partial charge in [-0.25, -0.2) is 0 Å². The van der Waals surface area contributed by atoms with Crippen LogP contribution in [0.1, 0.15) is 31.2 Å². The lowest BCUT2D eigenvalue weighted by molar-refractivity contribution is 0.816. The Kier molecular flexibility index (Phi) is 3.73. The largest absolute Gasteiger partial charge is 0.374 e. The normalized spacial score (nSPS) is 11.1. The van der Waals surface area contributed by atoms with E-state index >= 15 is 0 Å². The van der Waals surface area contributed by atoms with Crippen LogP contribution in [0, 0.1) is 0 Å². The molecule has 0 aliphatic heterocycles. The van der Waals surface area contributed by atoms with Gasteiger partial charge in [-0.05, 0) is 12.5 Å². The standard InChI is InChI=1S/C8H13N3S/c1-2-3-4-5-6-7-10-11-8(9)12-7/h5-6H,2-4H2,1H3,(H2,9,11). The summed E-state index contributed by atoms with van der Waals surface area (Å²) in [5.74, 6) is 0. The number of allylic oxidation sites excluding steroid dienone is 1. The van der Waals surface area contributed by atoms with Gasteiger partial charge in [-0.15, -0.1) is 10.2 Å². The lowest BCUT2D eigenvalue weighted by Crippen LogP contribution is -1.79. The highest BCUT2D eigenvalue weighted by molar-refractivity contribution is 7.15. The van der Waals surface area contributed by atoms with Crippen molar-refractivity contribution in [2.45, 2.75) is 26.2 Å². The van der Waals surface area contributed by atoms with E-state index in [0.29, 0.717) is 5.13 Å². The number of nitrogens with two attached hydrogens (primary N) is 1. The number of hydrogen-bond donors (Lipinski definition) is 1. The molecule has 4 heteroatoms. The molecule has 0 amide bonds. The first-order valence-electron chi connectivity index (χ1n) is 4.08. The lowest BCUT2D eigenvalue weighted by Gasteiger charge is -1.85. The Bertz CT molecular complexity index is 255. The number of hydrogen-bond acceptors (Lipinski definition) is 4. The Morgan fingerprint density at radius 3 is 2.92 bits per heavy atom. The maximum absolute atomic E-state index is 5.42. The summed E-state index contributed by atoms with van der Waals surface area (Å²) in [6, 6.07) is 0. The molecule has 2 N–H and O–H groups in total. The van der Waals surface area contributed by atoms with Crippen molar-refractivity contribution in [3.63, 3.8) is 0 Å². The maximum Gasteiger partial charge on any atom is 0.203 e. The highest BCUT2D eigenvalue weighted by atomic mass is 32.1. The Labute approximate surface area is 76.3 Å². The smallest absolute Gasteiger partial charge is 0.203 e. The fourth-order valence-corrected chi connectivity index (χ4v) is 1.36. The van der Waals surface area contributed by atoms with Gasteiger partial charge in [0, 0.05) is 0 Å². The van der Waals surface area contributed by atoms with Crippen LogP contribution in [0.4, 0.5) is 5.13 Å². The molecule has 12 heavy (non-hydrogen) atoms. The van der Waals surface area contributed by atoms with E-state index in [0.717, 1.165) is 11.4 Å². The van der Waals surface area contributed by atoms with Gasteiger partial charge in [0.25, 0.3) is 0 Å². The average Bonchev–Trinajstić information content (AvgIpc) is 2.45. The summed E-state index contributed by atoms with van der Waals surface area (Å²) in [6.07, 6.45) is 7.65. The molecule has 0 aliphatic carbocycles. The van der Waals surface area contributed by atoms with Crippen molar-refractivity contribution in [1.82, 2.24) is 10.2 Å². The van der Waals surface area contributed by atoms with Crippen molar-refractivity contribution < 1.29 is 0 Å². The molecular weight excluding hydrogens is 170 g/mol. The zero-order valence-corrected chi connectivity index (χ0v) is 7.97. The zero-order valence-electron chi connectivity index (χ0n) is 7.16. The molecule has 0 bridgehead atoms. The summed E-state index contributed by atoms with van der Waals surface area (Å²) >= 11 is 1.41. The van der Waals surface area contributed by atoms with Crippen LogP contribution in [0.2, 0.25) is 0 Å². The fraction of sp³-hybridized carbons (Fsp3) is 0.500. The van der Waals surface area contributed by atoms with E-state index in [2.05, 4.69) is 23.2 Å². The number of nitrogen functional groups attached to an aromatic ring is 1. The van der Waals surface area contributed by atoms with Crippen LogP contribution < -0.4 is 5.73 Å². The van der Waals surface area contributed by atoms with Crippen LogP contribution in [-0.4, -0.2) is 10.2 Å². The molecule has 0 radical (unpaired) electrons. The SMILES string of the molecule is CCCCC=Cc1nnc(N)s1. The molecule has 1 rings (SSSR count). The third-order valence-electron chi connectivity index (χ3n) is 1.44. The maximum atomic E-state index is 5.42. The molecule has 0 aliphatic rings. The number of unbranched alkanes of at least 4 members (excludes halogenated alkanes) is 2. The van der Waals surface area contributed by atoms with Gasteiger partial charge in [0.05, 0.1) is 0 Å². The minimum Gasteiger partial charge on any atom is -0.374 e. The third kappa shape index (κ3) is 3.00. The minimum absolute atomic E-state index is 0.533. The Hall–Kier alpha value is -0.900. The van der Waals surface area contributed by atoms with Gasteiger partial charge in [-0.2, -0.15) is 0 Å². The van der Waals surface area contributed by atoms with Gasteiger partial charge in [0.15, 0.2) is 0 Å². The Balaban J connectivity index is 2.36. The van der Waals surface area contributed by atoms with E-state index < -0.39 is 0 Å². The summed E-state index contributed by atoms with van der Waals surface area (Å²) in [7, 11) is 0. The van der Waals surface area contributed by atoms with Crippen molar-refractivity contribution >= 4 is 22.5 Å². The van der Waals surface area contributed by atoms with Gasteiger partial charge in [0.2, 0.25) is 5.13 Å². The molecule has 0 saturated carbocycles. The van der Waals surface area contributed by atoms with Crippen LogP contribution in [0.5, 0.6) is 0 Å². The quantitative estimate of drug-likeness (QED) is 0.729. The van der Waals surface area contributed by atoms with E-state index in [1.807, 2.05) is 6.08 Å².